The largest absolute Gasteiger partial charge is 0.353 e. The smallest absolute Gasteiger partial charge is 0.256 e. The molecule has 1 spiro atoms. The highest BCUT2D eigenvalue weighted by Crippen LogP contribution is 2.43. The minimum Gasteiger partial charge on any atom is -0.353 e. The average molecular weight is 391 g/mol. The highest BCUT2D eigenvalue weighted by atomic mass is 35.5. The number of benzene rings is 1. The second-order valence-corrected chi connectivity index (χ2v) is 8.61. The molecule has 5 nitrogen and oxygen atoms in total. The van der Waals surface area contributed by atoms with Crippen LogP contribution in [0.4, 0.5) is 0 Å². The summed E-state index contributed by atoms with van der Waals surface area (Å²) in [7, 11) is 0. The number of hydrogen-bond acceptors (Lipinski definition) is 3. The van der Waals surface area contributed by atoms with Crippen molar-refractivity contribution in [3.05, 3.63) is 34.9 Å². The zero-order valence-corrected chi connectivity index (χ0v) is 16.6. The average Bonchev–Trinajstić information content (AvgIpc) is 3.32. The normalized spacial score (nSPS) is 30.9. The molecule has 6 heteroatoms. The Bertz CT molecular complexity index is 724. The third-order valence-corrected chi connectivity index (χ3v) is 6.54. The minimum absolute atomic E-state index is 0.0263. The Balaban J connectivity index is 1.67. The molecule has 4 rings (SSSR count). The first kappa shape index (κ1) is 18.8. The molecule has 146 valence electrons. The van der Waals surface area contributed by atoms with Crippen molar-refractivity contribution in [2.24, 2.45) is 5.92 Å². The van der Waals surface area contributed by atoms with E-state index in [2.05, 4.69) is 6.92 Å². The molecule has 2 amide bonds. The third-order valence-electron chi connectivity index (χ3n) is 6.31. The molecule has 1 aromatic rings. The maximum Gasteiger partial charge on any atom is 0.256 e. The molecule has 2 aliphatic heterocycles. The van der Waals surface area contributed by atoms with Gasteiger partial charge in [0.15, 0.2) is 0 Å². The highest BCUT2D eigenvalue weighted by Gasteiger charge is 2.54. The molecule has 0 radical (unpaired) electrons. The number of ether oxygens (including phenoxy) is 1. The van der Waals surface area contributed by atoms with Gasteiger partial charge in [0.05, 0.1) is 6.61 Å². The first-order valence-electron chi connectivity index (χ1n) is 10.0. The lowest BCUT2D eigenvalue weighted by Crippen LogP contribution is -2.57. The molecule has 0 bridgehead atoms. The first-order valence-corrected chi connectivity index (χ1v) is 10.4. The van der Waals surface area contributed by atoms with E-state index in [0.717, 1.165) is 51.6 Å². The fourth-order valence-corrected chi connectivity index (χ4v) is 4.87. The maximum atomic E-state index is 13.5. The second-order valence-electron chi connectivity index (χ2n) is 8.17. The van der Waals surface area contributed by atoms with E-state index in [1.807, 2.05) is 4.90 Å². The van der Waals surface area contributed by atoms with Crippen LogP contribution in [0, 0.1) is 5.92 Å². The predicted octanol–water partition coefficient (Wildman–Crippen LogP) is 3.71. The number of likely N-dealkylation sites (tertiary alicyclic amines) is 1. The van der Waals surface area contributed by atoms with Crippen LogP contribution in [0.1, 0.15) is 55.8 Å². The summed E-state index contributed by atoms with van der Waals surface area (Å²) in [6.45, 7) is 4.07. The fourth-order valence-electron chi connectivity index (χ4n) is 4.68. The van der Waals surface area contributed by atoms with Gasteiger partial charge >= 0.3 is 0 Å². The number of hydrogen-bond donors (Lipinski definition) is 0. The maximum absolute atomic E-state index is 13.5. The molecule has 1 aromatic carbocycles. The van der Waals surface area contributed by atoms with Gasteiger partial charge in [0.25, 0.3) is 5.91 Å². The molecule has 2 saturated heterocycles. The molecule has 1 aliphatic carbocycles. The number of nitrogens with zero attached hydrogens (tertiary/aromatic N) is 2. The van der Waals surface area contributed by atoms with Gasteiger partial charge in [-0.15, -0.1) is 0 Å². The summed E-state index contributed by atoms with van der Waals surface area (Å²) in [5.74, 6) is 0.496. The Morgan fingerprint density at radius 2 is 1.89 bits per heavy atom. The van der Waals surface area contributed by atoms with Crippen molar-refractivity contribution < 1.29 is 14.3 Å². The summed E-state index contributed by atoms with van der Waals surface area (Å²) in [6, 6.07) is 6.44. The number of amides is 2. The summed E-state index contributed by atoms with van der Waals surface area (Å²) in [5.41, 5.74) is -0.142. The van der Waals surface area contributed by atoms with Gasteiger partial charge in [-0.3, -0.25) is 14.5 Å². The molecule has 3 fully saturated rings. The van der Waals surface area contributed by atoms with Crippen LogP contribution in [-0.2, 0) is 9.53 Å². The number of carbonyl (C=O) groups excluding carboxylic acids is 2. The van der Waals surface area contributed by atoms with Crippen molar-refractivity contribution in [3.63, 3.8) is 0 Å². The Morgan fingerprint density at radius 1 is 1.19 bits per heavy atom. The molecular formula is C21H27ClN2O3. The highest BCUT2D eigenvalue weighted by molar-refractivity contribution is 6.31. The van der Waals surface area contributed by atoms with Crippen LogP contribution in [0.5, 0.6) is 0 Å². The Morgan fingerprint density at radius 3 is 2.56 bits per heavy atom. The van der Waals surface area contributed by atoms with Gasteiger partial charge in [-0.1, -0.05) is 24.6 Å². The summed E-state index contributed by atoms with van der Waals surface area (Å²) < 4.78 is 6.23. The van der Waals surface area contributed by atoms with Crippen LogP contribution in [0.25, 0.3) is 0 Å². The lowest BCUT2D eigenvalue weighted by Gasteiger charge is -2.43. The van der Waals surface area contributed by atoms with Gasteiger partial charge in [0, 0.05) is 23.7 Å². The van der Waals surface area contributed by atoms with E-state index in [1.54, 1.807) is 29.2 Å². The molecule has 27 heavy (non-hydrogen) atoms. The van der Waals surface area contributed by atoms with Crippen molar-refractivity contribution in [2.45, 2.75) is 57.2 Å². The molecule has 2 heterocycles. The number of rotatable bonds is 2. The fraction of sp³-hybridized carbons (Fsp3) is 0.619. The van der Waals surface area contributed by atoms with Crippen molar-refractivity contribution in [1.82, 2.24) is 9.80 Å². The van der Waals surface area contributed by atoms with Gasteiger partial charge in [-0.25, -0.2) is 0 Å². The molecular weight excluding hydrogens is 364 g/mol. The van der Waals surface area contributed by atoms with Gasteiger partial charge in [-0.05, 0) is 62.6 Å². The van der Waals surface area contributed by atoms with E-state index in [9.17, 15) is 9.59 Å². The zero-order chi connectivity index (χ0) is 19.0. The first-order chi connectivity index (χ1) is 13.0. The molecule has 1 atom stereocenters. The number of halogens is 1. The summed E-state index contributed by atoms with van der Waals surface area (Å²) in [6.07, 6.45) is 5.64. The van der Waals surface area contributed by atoms with E-state index in [0.29, 0.717) is 16.5 Å². The number of carbonyl (C=O) groups is 2. The third kappa shape index (κ3) is 3.47. The molecule has 0 N–H and O–H groups in total. The zero-order valence-electron chi connectivity index (χ0n) is 15.8. The van der Waals surface area contributed by atoms with Crippen LogP contribution >= 0.6 is 11.6 Å². The SMILES string of the molecule is CC1CCC2(CC1)OCC(C(=O)N1CCCC1)N2C(=O)c1cccc(Cl)c1. The van der Waals surface area contributed by atoms with E-state index < -0.39 is 11.8 Å². The van der Waals surface area contributed by atoms with E-state index in [-0.39, 0.29) is 18.4 Å². The van der Waals surface area contributed by atoms with Crippen LogP contribution in [0.15, 0.2) is 24.3 Å². The van der Waals surface area contributed by atoms with Crippen molar-refractivity contribution in [1.29, 1.82) is 0 Å². The van der Waals surface area contributed by atoms with Gasteiger partial charge in [-0.2, -0.15) is 0 Å². The van der Waals surface area contributed by atoms with Crippen molar-refractivity contribution in [3.8, 4) is 0 Å². The Labute approximate surface area is 165 Å². The quantitative estimate of drug-likeness (QED) is 0.773. The van der Waals surface area contributed by atoms with E-state index in [1.165, 1.54) is 0 Å². The minimum atomic E-state index is -0.661. The molecule has 1 saturated carbocycles. The van der Waals surface area contributed by atoms with Crippen molar-refractivity contribution in [2.75, 3.05) is 19.7 Å². The molecule has 1 unspecified atom stereocenters. The Kier molecular flexibility index (Phi) is 5.17. The standard InChI is InChI=1S/C21H27ClN2O3/c1-15-7-9-21(10-8-15)24(19(25)16-5-4-6-17(22)13-16)18(14-27-21)20(26)23-11-2-3-12-23/h4-6,13,15,18H,2-3,7-12,14H2,1H3. The van der Waals surface area contributed by atoms with E-state index >= 15 is 0 Å². The summed E-state index contributed by atoms with van der Waals surface area (Å²) in [4.78, 5) is 30.3. The van der Waals surface area contributed by atoms with Crippen LogP contribution < -0.4 is 0 Å². The van der Waals surface area contributed by atoms with Crippen LogP contribution in [0.3, 0.4) is 0 Å². The summed E-state index contributed by atoms with van der Waals surface area (Å²) >= 11 is 6.12. The lowest BCUT2D eigenvalue weighted by molar-refractivity contribution is -0.136. The van der Waals surface area contributed by atoms with Crippen molar-refractivity contribution >= 4 is 23.4 Å². The molecule has 3 aliphatic rings. The van der Waals surface area contributed by atoms with Gasteiger partial charge in [0.1, 0.15) is 11.8 Å². The summed E-state index contributed by atoms with van der Waals surface area (Å²) in [5, 5.41) is 0.523. The van der Waals surface area contributed by atoms with Gasteiger partial charge in [0.2, 0.25) is 5.91 Å². The van der Waals surface area contributed by atoms with Gasteiger partial charge < -0.3 is 9.64 Å². The Hall–Kier alpha value is -1.59. The predicted molar refractivity (Wildman–Crippen MR) is 104 cm³/mol. The molecule has 0 aromatic heterocycles. The van der Waals surface area contributed by atoms with E-state index in [4.69, 9.17) is 16.3 Å². The van der Waals surface area contributed by atoms with Crippen LogP contribution in [-0.4, -0.2) is 53.1 Å². The lowest BCUT2D eigenvalue weighted by atomic mass is 9.83. The second kappa shape index (κ2) is 7.44. The monoisotopic (exact) mass is 390 g/mol. The topological polar surface area (TPSA) is 49.9 Å². The van der Waals surface area contributed by atoms with Crippen LogP contribution in [0.2, 0.25) is 5.02 Å².